The first-order valence-electron chi connectivity index (χ1n) is 6.39. The van der Waals surface area contributed by atoms with Crippen LogP contribution in [0.1, 0.15) is 0 Å². The van der Waals surface area contributed by atoms with Gasteiger partial charge in [0.25, 0.3) is 0 Å². The molecule has 0 unspecified atom stereocenters. The van der Waals surface area contributed by atoms with Crippen molar-refractivity contribution in [1.29, 1.82) is 0 Å². The van der Waals surface area contributed by atoms with Gasteiger partial charge in [-0.1, -0.05) is 51.4 Å². The molecular weight excluding hydrogens is 224 g/mol. The summed E-state index contributed by atoms with van der Waals surface area (Å²) in [4.78, 5) is 0. The minimum absolute atomic E-state index is 0.765. The summed E-state index contributed by atoms with van der Waals surface area (Å²) < 4.78 is 0. The van der Waals surface area contributed by atoms with Crippen LogP contribution >= 0.6 is 0 Å². The van der Waals surface area contributed by atoms with E-state index in [-0.39, 0.29) is 0 Å². The Kier molecular flexibility index (Phi) is 3.76. The van der Waals surface area contributed by atoms with Crippen molar-refractivity contribution >= 4 is 16.1 Å². The quantitative estimate of drug-likeness (QED) is 0.487. The molecule has 0 atom stereocenters. The molecule has 2 heteroatoms. The van der Waals surface area contributed by atoms with Crippen molar-refractivity contribution in [2.24, 2.45) is 11.8 Å². The summed E-state index contributed by atoms with van der Waals surface area (Å²) in [5.74, 6) is 1.53. The highest BCUT2D eigenvalue weighted by Gasteiger charge is 2.56. The second-order valence-corrected chi connectivity index (χ2v) is 18.2. The van der Waals surface area contributed by atoms with Crippen LogP contribution in [0.3, 0.4) is 0 Å². The zero-order chi connectivity index (χ0) is 12.7. The SMILES string of the molecule is C=CC1C([Si](C)(C)C)C(C=C)C1[Si](C)(C)C. The summed E-state index contributed by atoms with van der Waals surface area (Å²) in [7, 11) is -2.17. The maximum absolute atomic E-state index is 4.09. The molecular formula is C14H28Si2. The topological polar surface area (TPSA) is 0 Å². The van der Waals surface area contributed by atoms with Crippen molar-refractivity contribution in [2.45, 2.75) is 50.4 Å². The van der Waals surface area contributed by atoms with E-state index in [4.69, 9.17) is 0 Å². The molecule has 1 saturated carbocycles. The van der Waals surface area contributed by atoms with E-state index in [0.29, 0.717) is 0 Å². The maximum atomic E-state index is 4.09. The van der Waals surface area contributed by atoms with Gasteiger partial charge in [-0.3, -0.25) is 0 Å². The van der Waals surface area contributed by atoms with Crippen molar-refractivity contribution < 1.29 is 0 Å². The van der Waals surface area contributed by atoms with Crippen molar-refractivity contribution in [2.75, 3.05) is 0 Å². The Labute approximate surface area is 104 Å². The van der Waals surface area contributed by atoms with Crippen LogP contribution in [0.15, 0.2) is 25.3 Å². The Morgan fingerprint density at radius 1 is 0.688 bits per heavy atom. The fraction of sp³-hybridized carbons (Fsp3) is 0.714. The third-order valence-electron chi connectivity index (χ3n) is 4.20. The highest BCUT2D eigenvalue weighted by Crippen LogP contribution is 2.63. The van der Waals surface area contributed by atoms with Gasteiger partial charge in [-0.2, -0.15) is 0 Å². The van der Waals surface area contributed by atoms with Gasteiger partial charge in [0, 0.05) is 16.1 Å². The van der Waals surface area contributed by atoms with Crippen molar-refractivity contribution in [3.8, 4) is 0 Å². The van der Waals surface area contributed by atoms with Crippen LogP contribution in [-0.2, 0) is 0 Å². The van der Waals surface area contributed by atoms with E-state index >= 15 is 0 Å². The molecule has 0 aromatic rings. The molecule has 0 radical (unpaired) electrons. The molecule has 0 spiro atoms. The van der Waals surface area contributed by atoms with E-state index in [1.54, 1.807) is 0 Å². The summed E-state index contributed by atoms with van der Waals surface area (Å²) in [6.07, 6.45) is 4.48. The zero-order valence-electron chi connectivity index (χ0n) is 11.9. The monoisotopic (exact) mass is 252 g/mol. The maximum Gasteiger partial charge on any atom is 0.0486 e. The third kappa shape index (κ3) is 2.28. The molecule has 1 rings (SSSR count). The standard InChI is InChI=1S/C14H28Si2/c1-9-11-13(15(3,4)5)12(10-2)14(11)16(6,7)8/h9-14H,1-2H2,3-8H3. The Balaban J connectivity index is 3.01. The molecule has 0 amide bonds. The van der Waals surface area contributed by atoms with Gasteiger partial charge in [-0.25, -0.2) is 0 Å². The Morgan fingerprint density at radius 3 is 1.06 bits per heavy atom. The highest BCUT2D eigenvalue weighted by atomic mass is 28.3. The number of hydrogen-bond donors (Lipinski definition) is 0. The summed E-state index contributed by atoms with van der Waals surface area (Å²) in [6, 6.07) is 0. The number of allylic oxidation sites excluding steroid dienone is 2. The normalized spacial score (nSPS) is 35.4. The molecule has 0 aliphatic heterocycles. The Morgan fingerprint density at radius 2 is 0.938 bits per heavy atom. The molecule has 1 aliphatic carbocycles. The average Bonchev–Trinajstić information content (AvgIpc) is 1.97. The van der Waals surface area contributed by atoms with Gasteiger partial charge in [0.1, 0.15) is 0 Å². The summed E-state index contributed by atoms with van der Waals surface area (Å²) in [6.45, 7) is 23.1. The molecule has 1 aliphatic rings. The van der Waals surface area contributed by atoms with Gasteiger partial charge >= 0.3 is 0 Å². The second kappa shape index (κ2) is 4.30. The van der Waals surface area contributed by atoms with E-state index in [9.17, 15) is 0 Å². The van der Waals surface area contributed by atoms with Crippen molar-refractivity contribution in [3.05, 3.63) is 25.3 Å². The largest absolute Gasteiger partial charge is 0.103 e. The minimum Gasteiger partial charge on any atom is -0.103 e. The van der Waals surface area contributed by atoms with Gasteiger partial charge in [0.05, 0.1) is 0 Å². The number of hydrogen-bond acceptors (Lipinski definition) is 0. The van der Waals surface area contributed by atoms with E-state index in [1.165, 1.54) is 0 Å². The third-order valence-corrected chi connectivity index (χ3v) is 9.74. The van der Waals surface area contributed by atoms with Gasteiger partial charge in [0.15, 0.2) is 0 Å². The molecule has 0 aromatic heterocycles. The van der Waals surface area contributed by atoms with Gasteiger partial charge in [-0.05, 0) is 22.9 Å². The lowest BCUT2D eigenvalue weighted by atomic mass is 9.73. The Bertz CT molecular complexity index is 242. The molecule has 16 heavy (non-hydrogen) atoms. The van der Waals surface area contributed by atoms with Crippen LogP contribution in [0.4, 0.5) is 0 Å². The zero-order valence-corrected chi connectivity index (χ0v) is 13.9. The van der Waals surface area contributed by atoms with Crippen LogP contribution in [0, 0.1) is 11.8 Å². The molecule has 0 N–H and O–H groups in total. The first-order valence-corrected chi connectivity index (χ1v) is 13.5. The Hall–Kier alpha value is -0.0862. The molecule has 0 nitrogen and oxygen atoms in total. The molecule has 92 valence electrons. The van der Waals surface area contributed by atoms with Gasteiger partial charge in [-0.15, -0.1) is 13.2 Å². The minimum atomic E-state index is -1.08. The lowest BCUT2D eigenvalue weighted by molar-refractivity contribution is 0.277. The van der Waals surface area contributed by atoms with Crippen molar-refractivity contribution in [1.82, 2.24) is 0 Å². The van der Waals surface area contributed by atoms with E-state index < -0.39 is 16.1 Å². The molecule has 1 fully saturated rings. The predicted octanol–water partition coefficient (Wildman–Crippen LogP) is 5.02. The fourth-order valence-corrected chi connectivity index (χ4v) is 10.1. The summed E-state index contributed by atoms with van der Waals surface area (Å²) in [5.41, 5.74) is 1.75. The first kappa shape index (κ1) is 14.0. The number of rotatable bonds is 4. The van der Waals surface area contributed by atoms with Crippen LogP contribution in [0.5, 0.6) is 0 Å². The van der Waals surface area contributed by atoms with Crippen LogP contribution < -0.4 is 0 Å². The lowest BCUT2D eigenvalue weighted by Crippen LogP contribution is -2.55. The second-order valence-electron chi connectivity index (χ2n) is 7.41. The van der Waals surface area contributed by atoms with Gasteiger partial charge in [0.2, 0.25) is 0 Å². The summed E-state index contributed by atoms with van der Waals surface area (Å²) >= 11 is 0. The van der Waals surface area contributed by atoms with Gasteiger partial charge < -0.3 is 0 Å². The van der Waals surface area contributed by atoms with Crippen molar-refractivity contribution in [3.63, 3.8) is 0 Å². The van der Waals surface area contributed by atoms with Crippen LogP contribution in [0.2, 0.25) is 50.4 Å². The highest BCUT2D eigenvalue weighted by molar-refractivity contribution is 6.81. The summed E-state index contributed by atoms with van der Waals surface area (Å²) in [5, 5.41) is 0. The van der Waals surface area contributed by atoms with E-state index in [2.05, 4.69) is 64.6 Å². The molecule has 0 bridgehead atoms. The lowest BCUT2D eigenvalue weighted by Gasteiger charge is -2.59. The first-order chi connectivity index (χ1) is 7.14. The van der Waals surface area contributed by atoms with E-state index in [0.717, 1.165) is 22.9 Å². The molecule has 0 saturated heterocycles. The van der Waals surface area contributed by atoms with Crippen LogP contribution in [-0.4, -0.2) is 16.1 Å². The smallest absolute Gasteiger partial charge is 0.0486 e. The average molecular weight is 253 g/mol. The molecule has 0 heterocycles. The fourth-order valence-electron chi connectivity index (χ4n) is 3.71. The predicted molar refractivity (Wildman–Crippen MR) is 81.6 cm³/mol. The van der Waals surface area contributed by atoms with Crippen LogP contribution in [0.25, 0.3) is 0 Å². The molecule has 0 aromatic carbocycles. The van der Waals surface area contributed by atoms with E-state index in [1.807, 2.05) is 0 Å².